The lowest BCUT2D eigenvalue weighted by Gasteiger charge is -2.08. The van der Waals surface area contributed by atoms with Crippen molar-refractivity contribution in [1.82, 2.24) is 19.3 Å². The molecule has 0 radical (unpaired) electrons. The summed E-state index contributed by atoms with van der Waals surface area (Å²) >= 11 is 0. The van der Waals surface area contributed by atoms with Crippen LogP contribution in [0.15, 0.2) is 62.8 Å². The summed E-state index contributed by atoms with van der Waals surface area (Å²) < 4.78 is 7.48. The lowest BCUT2D eigenvalue weighted by Crippen LogP contribution is -2.37. The number of aromatic nitrogens is 4. The topological polar surface area (TPSA) is 112 Å². The Morgan fingerprint density at radius 3 is 2.57 bits per heavy atom. The fourth-order valence-electron chi connectivity index (χ4n) is 2.85. The highest BCUT2D eigenvalue weighted by Crippen LogP contribution is 2.20. The first-order valence-electron chi connectivity index (χ1n) is 8.35. The van der Waals surface area contributed by atoms with Crippen LogP contribution in [0.25, 0.3) is 22.4 Å². The van der Waals surface area contributed by atoms with E-state index in [9.17, 15) is 14.4 Å². The molecule has 4 aromatic rings. The van der Waals surface area contributed by atoms with E-state index >= 15 is 0 Å². The number of aryl methyl sites for hydroxylation is 1. The van der Waals surface area contributed by atoms with Crippen LogP contribution < -0.4 is 16.6 Å². The van der Waals surface area contributed by atoms with Crippen molar-refractivity contribution < 1.29 is 9.32 Å². The third kappa shape index (κ3) is 2.88. The maximum Gasteiger partial charge on any atom is 0.332 e. The molecule has 0 bridgehead atoms. The molecular formula is C19H15N5O4. The number of nitrogens with zero attached hydrogens (tertiary/aromatic N) is 4. The Balaban J connectivity index is 1.65. The Morgan fingerprint density at radius 2 is 1.82 bits per heavy atom. The summed E-state index contributed by atoms with van der Waals surface area (Å²) in [6, 6.07) is 12.3. The number of benzene rings is 1. The quantitative estimate of drug-likeness (QED) is 0.580. The second-order valence-corrected chi connectivity index (χ2v) is 6.20. The zero-order valence-corrected chi connectivity index (χ0v) is 15.0. The van der Waals surface area contributed by atoms with Crippen molar-refractivity contribution in [3.63, 3.8) is 0 Å². The first-order chi connectivity index (χ1) is 13.5. The van der Waals surface area contributed by atoms with Gasteiger partial charge in [-0.25, -0.2) is 9.78 Å². The Kier molecular flexibility index (Phi) is 4.11. The second kappa shape index (κ2) is 6.62. The van der Waals surface area contributed by atoms with E-state index < -0.39 is 17.2 Å². The van der Waals surface area contributed by atoms with E-state index in [0.29, 0.717) is 11.4 Å². The van der Waals surface area contributed by atoms with Gasteiger partial charge in [0.1, 0.15) is 5.65 Å². The highest BCUT2D eigenvalue weighted by atomic mass is 16.5. The smallest absolute Gasteiger partial charge is 0.332 e. The van der Waals surface area contributed by atoms with Crippen molar-refractivity contribution >= 4 is 22.6 Å². The lowest BCUT2D eigenvalue weighted by molar-refractivity contribution is 0.101. The molecule has 140 valence electrons. The van der Waals surface area contributed by atoms with Gasteiger partial charge in [-0.1, -0.05) is 35.5 Å². The highest BCUT2D eigenvalue weighted by Gasteiger charge is 2.16. The predicted octanol–water partition coefficient (Wildman–Crippen LogP) is 1.54. The monoisotopic (exact) mass is 377 g/mol. The molecule has 0 aliphatic heterocycles. The summed E-state index contributed by atoms with van der Waals surface area (Å²) in [6.45, 7) is 0. The van der Waals surface area contributed by atoms with Gasteiger partial charge in [-0.15, -0.1) is 0 Å². The summed E-state index contributed by atoms with van der Waals surface area (Å²) in [4.78, 5) is 40.9. The van der Waals surface area contributed by atoms with Gasteiger partial charge in [0.25, 0.3) is 11.5 Å². The van der Waals surface area contributed by atoms with Gasteiger partial charge in [-0.2, -0.15) is 0 Å². The van der Waals surface area contributed by atoms with Gasteiger partial charge in [0.15, 0.2) is 11.5 Å². The SMILES string of the molecule is Cn1c(=O)c2cc(NC(=O)c3cc(-c4ccccc4)on3)cnc2n(C)c1=O. The molecule has 4 rings (SSSR count). The Hall–Kier alpha value is -4.01. The van der Waals surface area contributed by atoms with Crippen LogP contribution in [-0.2, 0) is 14.1 Å². The maximum atomic E-state index is 12.5. The molecule has 0 aliphatic rings. The second-order valence-electron chi connectivity index (χ2n) is 6.20. The van der Waals surface area contributed by atoms with Crippen LogP contribution in [-0.4, -0.2) is 25.2 Å². The molecule has 1 aromatic carbocycles. The van der Waals surface area contributed by atoms with Gasteiger partial charge in [0.2, 0.25) is 0 Å². The largest absolute Gasteiger partial charge is 0.355 e. The molecule has 0 unspecified atom stereocenters. The van der Waals surface area contributed by atoms with Gasteiger partial charge in [-0.3, -0.25) is 18.7 Å². The van der Waals surface area contributed by atoms with E-state index in [2.05, 4.69) is 15.5 Å². The fourth-order valence-corrected chi connectivity index (χ4v) is 2.85. The number of carbonyl (C=O) groups is 1. The van der Waals surface area contributed by atoms with E-state index in [0.717, 1.165) is 10.1 Å². The molecule has 3 aromatic heterocycles. The highest BCUT2D eigenvalue weighted by molar-refractivity contribution is 6.03. The van der Waals surface area contributed by atoms with Gasteiger partial charge in [0, 0.05) is 25.7 Å². The number of amides is 1. The normalized spacial score (nSPS) is 10.9. The standard InChI is InChI=1S/C19H15N5O4/c1-23-16-13(18(26)24(2)19(23)27)8-12(10-20-16)21-17(25)14-9-15(28-22-14)11-6-4-3-5-7-11/h3-10H,1-2H3,(H,21,25). The minimum absolute atomic E-state index is 0.0901. The summed E-state index contributed by atoms with van der Waals surface area (Å²) in [5, 5.41) is 6.64. The van der Waals surface area contributed by atoms with E-state index in [-0.39, 0.29) is 16.7 Å². The third-order valence-electron chi connectivity index (χ3n) is 4.35. The van der Waals surface area contributed by atoms with Crippen molar-refractivity contribution in [3.05, 3.63) is 75.2 Å². The van der Waals surface area contributed by atoms with Crippen molar-refractivity contribution in [3.8, 4) is 11.3 Å². The lowest BCUT2D eigenvalue weighted by atomic mass is 10.1. The molecule has 1 amide bonds. The molecule has 0 aliphatic carbocycles. The molecular weight excluding hydrogens is 362 g/mol. The zero-order chi connectivity index (χ0) is 19.8. The number of nitrogens with one attached hydrogen (secondary N) is 1. The summed E-state index contributed by atoms with van der Waals surface area (Å²) in [6.07, 6.45) is 1.37. The van der Waals surface area contributed by atoms with E-state index in [1.54, 1.807) is 0 Å². The Morgan fingerprint density at radius 1 is 1.07 bits per heavy atom. The summed E-state index contributed by atoms with van der Waals surface area (Å²) in [7, 11) is 2.91. The molecule has 28 heavy (non-hydrogen) atoms. The number of hydrogen-bond donors (Lipinski definition) is 1. The molecule has 0 fully saturated rings. The maximum absolute atomic E-state index is 12.5. The van der Waals surface area contributed by atoms with Crippen LogP contribution in [0.1, 0.15) is 10.5 Å². The van der Waals surface area contributed by atoms with E-state index in [4.69, 9.17) is 4.52 Å². The molecule has 1 N–H and O–H groups in total. The van der Waals surface area contributed by atoms with Gasteiger partial charge >= 0.3 is 5.69 Å². The van der Waals surface area contributed by atoms with Gasteiger partial charge in [-0.05, 0) is 6.07 Å². The van der Waals surface area contributed by atoms with Crippen molar-refractivity contribution in [2.45, 2.75) is 0 Å². The molecule has 9 heteroatoms. The average Bonchev–Trinajstić information content (AvgIpc) is 3.22. The molecule has 3 heterocycles. The van der Waals surface area contributed by atoms with Crippen LogP contribution in [0.3, 0.4) is 0 Å². The van der Waals surface area contributed by atoms with Crippen LogP contribution in [0.2, 0.25) is 0 Å². The molecule has 0 saturated carbocycles. The number of pyridine rings is 1. The molecule has 9 nitrogen and oxygen atoms in total. The van der Waals surface area contributed by atoms with Crippen molar-refractivity contribution in [2.24, 2.45) is 14.1 Å². The number of anilines is 1. The van der Waals surface area contributed by atoms with Crippen LogP contribution in [0.5, 0.6) is 0 Å². The molecule has 0 saturated heterocycles. The van der Waals surface area contributed by atoms with Crippen LogP contribution in [0, 0.1) is 0 Å². The Labute approximate surface area is 157 Å². The Bertz CT molecular complexity index is 1320. The number of rotatable bonds is 3. The molecule has 0 atom stereocenters. The van der Waals surface area contributed by atoms with E-state index in [1.165, 1.54) is 37.0 Å². The summed E-state index contributed by atoms with van der Waals surface area (Å²) in [5.74, 6) is -0.0417. The fraction of sp³-hybridized carbons (Fsp3) is 0.105. The zero-order valence-electron chi connectivity index (χ0n) is 15.0. The van der Waals surface area contributed by atoms with E-state index in [1.807, 2.05) is 30.3 Å². The van der Waals surface area contributed by atoms with Gasteiger partial charge < -0.3 is 9.84 Å². The van der Waals surface area contributed by atoms with Gasteiger partial charge in [0.05, 0.1) is 17.3 Å². The van der Waals surface area contributed by atoms with Crippen LogP contribution in [0.4, 0.5) is 5.69 Å². The summed E-state index contributed by atoms with van der Waals surface area (Å²) in [5.41, 5.74) is 0.460. The minimum atomic E-state index is -0.506. The first kappa shape index (κ1) is 17.4. The predicted molar refractivity (Wildman–Crippen MR) is 102 cm³/mol. The van der Waals surface area contributed by atoms with Crippen LogP contribution >= 0.6 is 0 Å². The van der Waals surface area contributed by atoms with Crippen molar-refractivity contribution in [1.29, 1.82) is 0 Å². The molecule has 0 spiro atoms. The minimum Gasteiger partial charge on any atom is -0.355 e. The third-order valence-corrected chi connectivity index (χ3v) is 4.35. The van der Waals surface area contributed by atoms with Crippen molar-refractivity contribution in [2.75, 3.05) is 5.32 Å². The number of fused-ring (bicyclic) bond motifs is 1. The number of hydrogen-bond acceptors (Lipinski definition) is 6. The average molecular weight is 377 g/mol. The first-order valence-corrected chi connectivity index (χ1v) is 8.35. The number of carbonyl (C=O) groups excluding carboxylic acids is 1.